The molecule has 0 aromatic carbocycles. The largest absolute Gasteiger partial charge is 4.00 e. The van der Waals surface area contributed by atoms with Gasteiger partial charge in [0.05, 0.1) is 0 Å². The molecule has 0 amide bonds. The number of hydrogen-bond donors (Lipinski definition) is 0. The van der Waals surface area contributed by atoms with E-state index in [2.05, 4.69) is 80.5 Å². The topological polar surface area (TPSA) is 0 Å². The molecule has 1 radical (unpaired) electrons. The molecule has 0 saturated heterocycles. The zero-order valence-corrected chi connectivity index (χ0v) is 22.8. The maximum absolute atomic E-state index is 3.38. The van der Waals surface area contributed by atoms with E-state index in [1.807, 2.05) is 0 Å². The minimum atomic E-state index is 0. The molecular weight excluding hydrogens is 430 g/mol. The standard InChI is InChI=1S/C9H13.C8H11.C3H6.2ClH.H3Si.Zr/c1-6-5-7(2)9(4)8(6)3;1-6-4-7(2)8(3)5-6;1-3-2;;;;/h6H,1-4H3;4,6H,1-3H3;1-3H2;2*1H;1H3;/q2*-1;-2;;;;+4. The minimum absolute atomic E-state index is 0. The van der Waals surface area contributed by atoms with Crippen LogP contribution in [0.1, 0.15) is 54.9 Å². The molecule has 0 spiro atoms. The van der Waals surface area contributed by atoms with E-state index in [0.717, 1.165) is 6.42 Å². The molecule has 0 saturated carbocycles. The molecular formula is C20H35Cl2SiZr. The van der Waals surface area contributed by atoms with E-state index >= 15 is 0 Å². The van der Waals surface area contributed by atoms with Crippen molar-refractivity contribution in [1.82, 2.24) is 0 Å². The first kappa shape index (κ1) is 35.7. The van der Waals surface area contributed by atoms with E-state index in [0.29, 0.717) is 11.8 Å². The molecule has 4 heteroatoms. The summed E-state index contributed by atoms with van der Waals surface area (Å²) in [4.78, 5) is 0. The first-order valence-electron chi connectivity index (χ1n) is 7.39. The Morgan fingerprint density at radius 1 is 0.917 bits per heavy atom. The molecule has 2 atom stereocenters. The van der Waals surface area contributed by atoms with Gasteiger partial charge in [-0.2, -0.15) is 17.2 Å². The summed E-state index contributed by atoms with van der Waals surface area (Å²) in [7, 11) is 0. The molecule has 0 aromatic rings. The van der Waals surface area contributed by atoms with Gasteiger partial charge in [-0.25, -0.2) is 16.7 Å². The summed E-state index contributed by atoms with van der Waals surface area (Å²) in [5.41, 5.74) is 6.95. The fraction of sp³-hybridized carbons (Fsp3) is 0.500. The summed E-state index contributed by atoms with van der Waals surface area (Å²) >= 11 is 0. The van der Waals surface area contributed by atoms with Crippen molar-refractivity contribution in [2.24, 2.45) is 11.8 Å². The zero-order valence-electron chi connectivity index (χ0n) is 16.7. The average molecular weight is 466 g/mol. The summed E-state index contributed by atoms with van der Waals surface area (Å²) in [5, 5.41) is 0. The summed E-state index contributed by atoms with van der Waals surface area (Å²) in [6.45, 7) is 21.8. The molecule has 0 bridgehead atoms. The van der Waals surface area contributed by atoms with Gasteiger partial charge in [-0.15, -0.1) is 38.7 Å². The molecule has 0 aliphatic heterocycles. The molecule has 0 heterocycles. The third-order valence-corrected chi connectivity index (χ3v) is 3.77. The monoisotopic (exact) mass is 463 g/mol. The third-order valence-electron chi connectivity index (χ3n) is 3.77. The Labute approximate surface area is 187 Å². The van der Waals surface area contributed by atoms with Crippen molar-refractivity contribution in [3.05, 3.63) is 59.9 Å². The molecule has 0 N–H and O–H groups in total. The molecule has 2 unspecified atom stereocenters. The van der Waals surface area contributed by atoms with E-state index in [1.54, 1.807) is 0 Å². The second-order valence-electron chi connectivity index (χ2n) is 5.56. The van der Waals surface area contributed by atoms with Crippen LogP contribution in [-0.4, -0.2) is 11.0 Å². The molecule has 24 heavy (non-hydrogen) atoms. The van der Waals surface area contributed by atoms with E-state index in [1.165, 1.54) is 27.9 Å². The molecule has 2 aliphatic rings. The molecule has 2 rings (SSSR count). The number of halogens is 2. The van der Waals surface area contributed by atoms with Crippen molar-refractivity contribution in [1.29, 1.82) is 0 Å². The zero-order chi connectivity index (χ0) is 15.9. The van der Waals surface area contributed by atoms with E-state index in [9.17, 15) is 0 Å². The van der Waals surface area contributed by atoms with Crippen LogP contribution in [0.3, 0.4) is 0 Å². The van der Waals surface area contributed by atoms with Gasteiger partial charge in [0.15, 0.2) is 0 Å². The number of hydrogen-bond acceptors (Lipinski definition) is 0. The van der Waals surface area contributed by atoms with Gasteiger partial charge in [-0.1, -0.05) is 46.5 Å². The van der Waals surface area contributed by atoms with E-state index in [-0.39, 0.29) is 62.0 Å². The fourth-order valence-corrected chi connectivity index (χ4v) is 2.16. The van der Waals surface area contributed by atoms with Gasteiger partial charge in [-0.05, 0) is 11.0 Å². The van der Waals surface area contributed by atoms with Crippen LogP contribution in [0.5, 0.6) is 0 Å². The van der Waals surface area contributed by atoms with Crippen LogP contribution < -0.4 is 0 Å². The molecule has 0 nitrogen and oxygen atoms in total. The Kier molecular flexibility index (Phi) is 27.4. The Hall–Kier alpha value is 0.640. The van der Waals surface area contributed by atoms with Gasteiger partial charge >= 0.3 is 26.2 Å². The van der Waals surface area contributed by atoms with Crippen LogP contribution in [0, 0.1) is 37.8 Å². The van der Waals surface area contributed by atoms with Gasteiger partial charge in [0.25, 0.3) is 0 Å². The van der Waals surface area contributed by atoms with Crippen LogP contribution in [0.25, 0.3) is 0 Å². The second-order valence-corrected chi connectivity index (χ2v) is 5.56. The van der Waals surface area contributed by atoms with E-state index in [4.69, 9.17) is 0 Å². The Morgan fingerprint density at radius 3 is 1.42 bits per heavy atom. The molecule has 0 fully saturated rings. The van der Waals surface area contributed by atoms with Gasteiger partial charge in [0.2, 0.25) is 0 Å². The van der Waals surface area contributed by atoms with Crippen molar-refractivity contribution >= 4 is 35.8 Å². The summed E-state index contributed by atoms with van der Waals surface area (Å²) < 4.78 is 0. The van der Waals surface area contributed by atoms with Gasteiger partial charge in [0.1, 0.15) is 0 Å². The predicted octanol–water partition coefficient (Wildman–Crippen LogP) is 5.76. The van der Waals surface area contributed by atoms with Gasteiger partial charge < -0.3 is 20.3 Å². The van der Waals surface area contributed by atoms with Gasteiger partial charge in [0, 0.05) is 0 Å². The first-order chi connectivity index (χ1) is 9.24. The number of rotatable bonds is 0. The van der Waals surface area contributed by atoms with Gasteiger partial charge in [-0.3, -0.25) is 12.2 Å². The van der Waals surface area contributed by atoms with Crippen molar-refractivity contribution in [3.8, 4) is 0 Å². The maximum Gasteiger partial charge on any atom is 4.00 e. The SMILES string of the molecule is CC1=[C-]C(C)C(C)=C1C.CC1=[C-]C(C)C=C1C.Cl.Cl.[CH2-]C[CH2-].[SiH3].[Zr+4]. The average Bonchev–Trinajstić information content (AvgIpc) is 2.76. The molecule has 137 valence electrons. The first-order valence-corrected chi connectivity index (χ1v) is 7.39. The Morgan fingerprint density at radius 2 is 1.33 bits per heavy atom. The number of allylic oxidation sites excluding steroid dienone is 8. The maximum atomic E-state index is 3.38. The van der Waals surface area contributed by atoms with E-state index < -0.39 is 0 Å². The Balaban J connectivity index is -0.0000000757. The smallest absolute Gasteiger partial charge is 0.372 e. The minimum Gasteiger partial charge on any atom is -0.372 e. The van der Waals surface area contributed by atoms with Crippen molar-refractivity contribution < 1.29 is 26.2 Å². The van der Waals surface area contributed by atoms with Crippen molar-refractivity contribution in [3.63, 3.8) is 0 Å². The molecule has 2 aliphatic carbocycles. The normalized spacial score (nSPS) is 20.1. The summed E-state index contributed by atoms with van der Waals surface area (Å²) in [6, 6.07) is 0. The predicted molar refractivity (Wildman–Crippen MR) is 115 cm³/mol. The van der Waals surface area contributed by atoms with Crippen LogP contribution in [-0.2, 0) is 26.2 Å². The van der Waals surface area contributed by atoms with Crippen molar-refractivity contribution in [2.45, 2.75) is 54.9 Å². The Bertz CT molecular complexity index is 431. The van der Waals surface area contributed by atoms with Crippen LogP contribution in [0.2, 0.25) is 0 Å². The second kappa shape index (κ2) is 18.4. The fourth-order valence-electron chi connectivity index (χ4n) is 2.16. The van der Waals surface area contributed by atoms with Crippen LogP contribution >= 0.6 is 24.8 Å². The van der Waals surface area contributed by atoms with Crippen molar-refractivity contribution in [2.75, 3.05) is 0 Å². The summed E-state index contributed by atoms with van der Waals surface area (Å²) in [5.74, 6) is 1.11. The molecule has 0 aromatic heterocycles. The summed E-state index contributed by atoms with van der Waals surface area (Å²) in [6.07, 6.45) is 9.63. The van der Waals surface area contributed by atoms with Crippen LogP contribution in [0.15, 0.2) is 33.9 Å². The van der Waals surface area contributed by atoms with Crippen LogP contribution in [0.4, 0.5) is 0 Å². The quantitative estimate of drug-likeness (QED) is 0.315. The third kappa shape index (κ3) is 12.9.